The lowest BCUT2D eigenvalue weighted by Crippen LogP contribution is -1.96. The van der Waals surface area contributed by atoms with E-state index < -0.39 is 22.5 Å². The van der Waals surface area contributed by atoms with Crippen molar-refractivity contribution in [1.82, 2.24) is 0 Å². The van der Waals surface area contributed by atoms with Crippen molar-refractivity contribution in [2.45, 2.75) is 0 Å². The highest BCUT2D eigenvalue weighted by Gasteiger charge is 2.24. The van der Waals surface area contributed by atoms with Crippen molar-refractivity contribution in [1.29, 1.82) is 0 Å². The molecule has 9 heteroatoms. The lowest BCUT2D eigenvalue weighted by molar-refractivity contribution is 0.467. The van der Waals surface area contributed by atoms with Gasteiger partial charge >= 0.3 is 7.72 Å². The van der Waals surface area contributed by atoms with Gasteiger partial charge in [0, 0.05) is 32.7 Å². The standard InChI is InChI=1S/C10H17O4P2.C2H7O2P/c1-15(2,11)13-9-6-5-7-10(8-9)14-16(3,4)12;1-5(2,3)4/h5-8,11H,1-4H3;1-2H3,(H,3,4)/q+1;. The number of hydrogen-bond acceptors (Lipinski definition) is 5. The zero-order chi connectivity index (χ0) is 16.9. The summed E-state index contributed by atoms with van der Waals surface area (Å²) in [5, 5.41) is 0. The Morgan fingerprint density at radius 1 is 1.05 bits per heavy atom. The molecule has 122 valence electrons. The van der Waals surface area contributed by atoms with Gasteiger partial charge in [0.1, 0.15) is 19.1 Å². The van der Waals surface area contributed by atoms with Gasteiger partial charge in [0.25, 0.3) is 0 Å². The molecule has 0 unspecified atom stereocenters. The van der Waals surface area contributed by atoms with Crippen LogP contribution < -0.4 is 9.05 Å². The van der Waals surface area contributed by atoms with E-state index in [9.17, 15) is 14.0 Å². The Morgan fingerprint density at radius 2 is 1.48 bits per heavy atom. The van der Waals surface area contributed by atoms with Crippen molar-refractivity contribution in [3.05, 3.63) is 24.3 Å². The van der Waals surface area contributed by atoms with E-state index in [0.29, 0.717) is 11.5 Å². The van der Waals surface area contributed by atoms with Crippen LogP contribution in [-0.4, -0.2) is 49.8 Å². The van der Waals surface area contributed by atoms with Gasteiger partial charge in [-0.1, -0.05) is 6.07 Å². The van der Waals surface area contributed by atoms with Gasteiger partial charge in [0.15, 0.2) is 13.1 Å². The van der Waals surface area contributed by atoms with Gasteiger partial charge in [0.05, 0.1) is 0 Å². The minimum Gasteiger partial charge on any atom is -0.443 e. The van der Waals surface area contributed by atoms with Gasteiger partial charge in [-0.15, -0.1) is 0 Å². The molecule has 1 aromatic rings. The Balaban J connectivity index is 0.000000690. The Kier molecular flexibility index (Phi) is 7.62. The van der Waals surface area contributed by atoms with Gasteiger partial charge in [-0.05, 0) is 12.1 Å². The number of hydrogen-bond donors (Lipinski definition) is 2. The van der Waals surface area contributed by atoms with Crippen LogP contribution in [0.25, 0.3) is 0 Å². The van der Waals surface area contributed by atoms with E-state index in [1.54, 1.807) is 50.9 Å². The molecule has 1 rings (SSSR count). The van der Waals surface area contributed by atoms with E-state index >= 15 is 0 Å². The second kappa shape index (κ2) is 7.76. The van der Waals surface area contributed by atoms with Crippen molar-refractivity contribution in [2.24, 2.45) is 0 Å². The largest absolute Gasteiger partial charge is 0.443 e. The lowest BCUT2D eigenvalue weighted by Gasteiger charge is -2.13. The second-order valence-corrected chi connectivity index (χ2v) is 13.5. The molecule has 0 aliphatic carbocycles. The predicted octanol–water partition coefficient (Wildman–Crippen LogP) is 3.60. The molecule has 0 aromatic heterocycles. The minimum atomic E-state index is -2.64. The number of benzene rings is 1. The van der Waals surface area contributed by atoms with E-state index in [0.717, 1.165) is 0 Å². The van der Waals surface area contributed by atoms with Gasteiger partial charge < -0.3 is 13.9 Å². The maximum absolute atomic E-state index is 11.5. The summed E-state index contributed by atoms with van der Waals surface area (Å²) in [7, 11) is -7.54. The SMILES string of the molecule is CP(C)(=O)O.CP(C)(=O)Oc1cccc(O[P+](C)(C)O)c1. The second-order valence-electron chi connectivity index (χ2n) is 5.50. The molecule has 0 aliphatic rings. The Labute approximate surface area is 126 Å². The summed E-state index contributed by atoms with van der Waals surface area (Å²) >= 11 is 0. The summed E-state index contributed by atoms with van der Waals surface area (Å²) < 4.78 is 31.9. The Morgan fingerprint density at radius 3 is 1.86 bits per heavy atom. The molecule has 0 amide bonds. The molecule has 2 N–H and O–H groups in total. The molecular weight excluding hydrogens is 333 g/mol. The molecule has 0 saturated heterocycles. The summed E-state index contributed by atoms with van der Waals surface area (Å²) in [6, 6.07) is 6.78. The van der Waals surface area contributed by atoms with Gasteiger partial charge in [-0.3, -0.25) is 9.13 Å². The normalized spacial score (nSPS) is 12.2. The van der Waals surface area contributed by atoms with Crippen molar-refractivity contribution in [3.63, 3.8) is 0 Å². The van der Waals surface area contributed by atoms with Crippen molar-refractivity contribution in [3.8, 4) is 11.5 Å². The summed E-state index contributed by atoms with van der Waals surface area (Å²) in [4.78, 5) is 17.7. The van der Waals surface area contributed by atoms with E-state index in [1.807, 2.05) is 0 Å². The maximum atomic E-state index is 11.5. The first-order valence-corrected chi connectivity index (χ1v) is 13.7. The van der Waals surface area contributed by atoms with Crippen LogP contribution in [0.4, 0.5) is 0 Å². The molecule has 1 aromatic carbocycles. The molecule has 0 atom stereocenters. The third-order valence-electron chi connectivity index (χ3n) is 1.46. The quantitative estimate of drug-likeness (QED) is 0.800. The zero-order valence-electron chi connectivity index (χ0n) is 13.2. The molecular formula is C12H24O6P3+. The molecule has 0 bridgehead atoms. The number of rotatable bonds is 4. The highest BCUT2D eigenvalue weighted by Crippen LogP contribution is 2.48. The van der Waals surface area contributed by atoms with E-state index in [4.69, 9.17) is 13.9 Å². The molecule has 0 spiro atoms. The molecule has 0 aliphatic heterocycles. The average Bonchev–Trinajstić information content (AvgIpc) is 2.08. The minimum absolute atomic E-state index is 0.485. The topological polar surface area (TPSA) is 93.1 Å². The molecule has 0 radical (unpaired) electrons. The van der Waals surface area contributed by atoms with Crippen LogP contribution in [0.5, 0.6) is 11.5 Å². The van der Waals surface area contributed by atoms with Crippen molar-refractivity contribution >= 4 is 22.5 Å². The Hall–Kier alpha value is -0.370. The van der Waals surface area contributed by atoms with E-state index in [2.05, 4.69) is 0 Å². The fraction of sp³-hybridized carbons (Fsp3) is 0.500. The molecule has 0 saturated carbocycles. The molecule has 0 fully saturated rings. The summed E-state index contributed by atoms with van der Waals surface area (Å²) in [5.41, 5.74) is 0. The first-order valence-electron chi connectivity index (χ1n) is 6.04. The van der Waals surface area contributed by atoms with Crippen LogP contribution in [-0.2, 0) is 9.13 Å². The van der Waals surface area contributed by atoms with Crippen LogP contribution in [0.3, 0.4) is 0 Å². The van der Waals surface area contributed by atoms with Crippen molar-refractivity contribution < 1.29 is 28.0 Å². The molecule has 0 heterocycles. The first kappa shape index (κ1) is 20.6. The van der Waals surface area contributed by atoms with Crippen LogP contribution in [0.15, 0.2) is 24.3 Å². The first-order chi connectivity index (χ1) is 9.16. The van der Waals surface area contributed by atoms with E-state index in [-0.39, 0.29) is 0 Å². The highest BCUT2D eigenvalue weighted by atomic mass is 31.2. The van der Waals surface area contributed by atoms with Crippen LogP contribution in [0.2, 0.25) is 0 Å². The monoisotopic (exact) mass is 357 g/mol. The van der Waals surface area contributed by atoms with Crippen LogP contribution in [0.1, 0.15) is 0 Å². The third-order valence-corrected chi connectivity index (χ3v) is 2.77. The third kappa shape index (κ3) is 15.8. The maximum Gasteiger partial charge on any atom is 0.310 e. The summed E-state index contributed by atoms with van der Waals surface area (Å²) in [5.74, 6) is 1.01. The molecule has 21 heavy (non-hydrogen) atoms. The van der Waals surface area contributed by atoms with E-state index in [1.165, 1.54) is 13.3 Å². The highest BCUT2D eigenvalue weighted by molar-refractivity contribution is 7.64. The van der Waals surface area contributed by atoms with Crippen LogP contribution in [0, 0.1) is 0 Å². The average molecular weight is 357 g/mol. The summed E-state index contributed by atoms with van der Waals surface area (Å²) in [6.45, 7) is 8.98. The van der Waals surface area contributed by atoms with Gasteiger partial charge in [-0.2, -0.15) is 0 Å². The van der Waals surface area contributed by atoms with Crippen LogP contribution >= 0.6 is 22.5 Å². The summed E-state index contributed by atoms with van der Waals surface area (Å²) in [6.07, 6.45) is 0. The fourth-order valence-electron chi connectivity index (χ4n) is 1.10. The predicted molar refractivity (Wildman–Crippen MR) is 89.8 cm³/mol. The lowest BCUT2D eigenvalue weighted by atomic mass is 10.3. The van der Waals surface area contributed by atoms with Gasteiger partial charge in [0.2, 0.25) is 7.37 Å². The molecule has 6 nitrogen and oxygen atoms in total. The zero-order valence-corrected chi connectivity index (χ0v) is 15.9. The Bertz CT molecular complexity index is 532. The van der Waals surface area contributed by atoms with Crippen molar-refractivity contribution in [2.75, 3.05) is 40.0 Å². The van der Waals surface area contributed by atoms with Gasteiger partial charge in [-0.25, -0.2) is 4.89 Å². The smallest absolute Gasteiger partial charge is 0.310 e. The fourth-order valence-corrected chi connectivity index (χ4v) is 2.35.